The van der Waals surface area contributed by atoms with Crippen molar-refractivity contribution in [1.29, 1.82) is 0 Å². The third-order valence-corrected chi connectivity index (χ3v) is 3.25. The number of hydrogen-bond donors (Lipinski definition) is 1. The number of benzene rings is 1. The van der Waals surface area contributed by atoms with E-state index in [2.05, 4.69) is 5.32 Å². The molecule has 1 fully saturated rings. The van der Waals surface area contributed by atoms with Crippen LogP contribution < -0.4 is 5.32 Å². The average molecular weight is 225 g/mol. The van der Waals surface area contributed by atoms with Crippen LogP contribution in [0.15, 0.2) is 18.2 Å². The van der Waals surface area contributed by atoms with Crippen molar-refractivity contribution >= 4 is 0 Å². The first-order valence-corrected chi connectivity index (χ1v) is 5.83. The second-order valence-corrected chi connectivity index (χ2v) is 4.53. The molecule has 1 aromatic rings. The molecule has 2 rings (SSSR count). The largest absolute Gasteiger partial charge is 0.313 e. The molecule has 0 heterocycles. The lowest BCUT2D eigenvalue weighted by Crippen LogP contribution is -2.18. The highest BCUT2D eigenvalue weighted by atomic mass is 19.1. The monoisotopic (exact) mass is 225 g/mol. The summed E-state index contributed by atoms with van der Waals surface area (Å²) in [5, 5.41) is 3.10. The standard InChI is InChI=1S/C13H17F2N/c1-16-13(7-4-9-2-3-9)11-6-5-10(14)8-12(11)15/h5-6,8-9,13,16H,2-4,7H2,1H3. The molecule has 0 bridgehead atoms. The van der Waals surface area contributed by atoms with Crippen LogP contribution >= 0.6 is 0 Å². The SMILES string of the molecule is CNC(CCC1CC1)c1ccc(F)cc1F. The van der Waals surface area contributed by atoms with E-state index in [1.165, 1.54) is 18.9 Å². The van der Waals surface area contributed by atoms with Gasteiger partial charge in [0.25, 0.3) is 0 Å². The molecule has 0 radical (unpaired) electrons. The van der Waals surface area contributed by atoms with E-state index in [9.17, 15) is 8.78 Å². The predicted octanol–water partition coefficient (Wildman–Crippen LogP) is 3.42. The highest BCUT2D eigenvalue weighted by Crippen LogP contribution is 2.36. The Morgan fingerprint density at radius 2 is 2.12 bits per heavy atom. The smallest absolute Gasteiger partial charge is 0.130 e. The minimum absolute atomic E-state index is 0.00111. The van der Waals surface area contributed by atoms with Gasteiger partial charge in [-0.1, -0.05) is 18.9 Å². The normalized spacial score (nSPS) is 17.4. The van der Waals surface area contributed by atoms with Crippen LogP contribution in [0.5, 0.6) is 0 Å². The average Bonchev–Trinajstić information content (AvgIpc) is 3.05. The Labute approximate surface area is 94.9 Å². The van der Waals surface area contributed by atoms with E-state index in [4.69, 9.17) is 0 Å². The minimum atomic E-state index is -0.515. The Morgan fingerprint density at radius 1 is 1.38 bits per heavy atom. The van der Waals surface area contributed by atoms with Crippen LogP contribution in [-0.2, 0) is 0 Å². The maximum Gasteiger partial charge on any atom is 0.130 e. The summed E-state index contributed by atoms with van der Waals surface area (Å²) in [6.45, 7) is 0. The molecule has 1 saturated carbocycles. The van der Waals surface area contributed by atoms with E-state index < -0.39 is 11.6 Å². The van der Waals surface area contributed by atoms with E-state index in [0.29, 0.717) is 5.56 Å². The predicted molar refractivity (Wildman–Crippen MR) is 60.1 cm³/mol. The van der Waals surface area contributed by atoms with Gasteiger partial charge < -0.3 is 5.32 Å². The van der Waals surface area contributed by atoms with Gasteiger partial charge in [-0.05, 0) is 31.9 Å². The molecule has 1 N–H and O–H groups in total. The number of rotatable bonds is 5. The van der Waals surface area contributed by atoms with Crippen LogP contribution in [0, 0.1) is 17.6 Å². The lowest BCUT2D eigenvalue weighted by Gasteiger charge is -2.17. The van der Waals surface area contributed by atoms with Gasteiger partial charge in [0.15, 0.2) is 0 Å². The fraction of sp³-hybridized carbons (Fsp3) is 0.538. The van der Waals surface area contributed by atoms with Gasteiger partial charge in [-0.25, -0.2) is 8.78 Å². The van der Waals surface area contributed by atoms with Gasteiger partial charge in [0, 0.05) is 17.7 Å². The van der Waals surface area contributed by atoms with Gasteiger partial charge in [-0.3, -0.25) is 0 Å². The van der Waals surface area contributed by atoms with E-state index >= 15 is 0 Å². The fourth-order valence-corrected chi connectivity index (χ4v) is 2.05. The van der Waals surface area contributed by atoms with Crippen LogP contribution in [0.3, 0.4) is 0 Å². The Kier molecular flexibility index (Phi) is 3.54. The van der Waals surface area contributed by atoms with Crippen molar-refractivity contribution in [2.24, 2.45) is 5.92 Å². The Balaban J connectivity index is 2.05. The molecule has 0 aromatic heterocycles. The van der Waals surface area contributed by atoms with Crippen molar-refractivity contribution in [2.75, 3.05) is 7.05 Å². The molecule has 16 heavy (non-hydrogen) atoms. The van der Waals surface area contributed by atoms with E-state index in [-0.39, 0.29) is 6.04 Å². The molecule has 0 saturated heterocycles. The molecule has 1 atom stereocenters. The second kappa shape index (κ2) is 4.91. The van der Waals surface area contributed by atoms with Crippen molar-refractivity contribution in [1.82, 2.24) is 5.32 Å². The van der Waals surface area contributed by atoms with Crippen LogP contribution in [-0.4, -0.2) is 7.05 Å². The van der Waals surface area contributed by atoms with Crippen LogP contribution in [0.2, 0.25) is 0 Å². The molecule has 88 valence electrons. The van der Waals surface area contributed by atoms with Crippen molar-refractivity contribution < 1.29 is 8.78 Å². The highest BCUT2D eigenvalue weighted by molar-refractivity contribution is 5.22. The van der Waals surface area contributed by atoms with Gasteiger partial charge in [0.2, 0.25) is 0 Å². The minimum Gasteiger partial charge on any atom is -0.313 e. The topological polar surface area (TPSA) is 12.0 Å². The molecule has 1 aliphatic carbocycles. The van der Waals surface area contributed by atoms with Crippen molar-refractivity contribution in [3.05, 3.63) is 35.4 Å². The quantitative estimate of drug-likeness (QED) is 0.809. The summed E-state index contributed by atoms with van der Waals surface area (Å²) in [5.41, 5.74) is 0.574. The molecule has 1 aliphatic rings. The zero-order valence-electron chi connectivity index (χ0n) is 9.47. The highest BCUT2D eigenvalue weighted by Gasteiger charge is 2.23. The summed E-state index contributed by atoms with van der Waals surface area (Å²) in [7, 11) is 1.82. The number of nitrogens with one attached hydrogen (secondary N) is 1. The van der Waals surface area contributed by atoms with E-state index in [0.717, 1.165) is 24.8 Å². The fourth-order valence-electron chi connectivity index (χ4n) is 2.05. The molecular weight excluding hydrogens is 208 g/mol. The molecule has 3 heteroatoms. The van der Waals surface area contributed by atoms with Crippen LogP contribution in [0.25, 0.3) is 0 Å². The molecule has 1 unspecified atom stereocenters. The van der Waals surface area contributed by atoms with Crippen molar-refractivity contribution in [3.63, 3.8) is 0 Å². The van der Waals surface area contributed by atoms with Gasteiger partial charge >= 0.3 is 0 Å². The zero-order valence-corrected chi connectivity index (χ0v) is 9.47. The molecule has 0 aliphatic heterocycles. The van der Waals surface area contributed by atoms with Gasteiger partial charge in [-0.15, -0.1) is 0 Å². The first kappa shape index (κ1) is 11.5. The van der Waals surface area contributed by atoms with E-state index in [1.54, 1.807) is 6.07 Å². The maximum atomic E-state index is 13.5. The number of hydrogen-bond acceptors (Lipinski definition) is 1. The molecule has 1 nitrogen and oxygen atoms in total. The van der Waals surface area contributed by atoms with Crippen molar-refractivity contribution in [2.45, 2.75) is 31.7 Å². The summed E-state index contributed by atoms with van der Waals surface area (Å²) in [4.78, 5) is 0. The summed E-state index contributed by atoms with van der Waals surface area (Å²) in [6.07, 6.45) is 4.66. The van der Waals surface area contributed by atoms with Gasteiger partial charge in [0.1, 0.15) is 11.6 Å². The van der Waals surface area contributed by atoms with E-state index in [1.807, 2.05) is 7.05 Å². The Bertz CT molecular complexity index is 361. The zero-order chi connectivity index (χ0) is 11.5. The lowest BCUT2D eigenvalue weighted by atomic mass is 10.00. The number of halogens is 2. The summed E-state index contributed by atoms with van der Waals surface area (Å²) < 4.78 is 26.3. The summed E-state index contributed by atoms with van der Waals surface area (Å²) >= 11 is 0. The molecule has 1 aromatic carbocycles. The first-order chi connectivity index (χ1) is 7.70. The third kappa shape index (κ3) is 2.79. The molecule has 0 spiro atoms. The second-order valence-electron chi connectivity index (χ2n) is 4.53. The van der Waals surface area contributed by atoms with Crippen molar-refractivity contribution in [3.8, 4) is 0 Å². The van der Waals surface area contributed by atoms with Gasteiger partial charge in [0.05, 0.1) is 0 Å². The summed E-state index contributed by atoms with van der Waals surface area (Å²) in [6, 6.07) is 3.82. The first-order valence-electron chi connectivity index (χ1n) is 5.83. The Hall–Kier alpha value is -0.960. The third-order valence-electron chi connectivity index (χ3n) is 3.25. The maximum absolute atomic E-state index is 13.5. The molecule has 0 amide bonds. The van der Waals surface area contributed by atoms with Crippen LogP contribution in [0.4, 0.5) is 8.78 Å². The molecular formula is C13H17F2N. The summed E-state index contributed by atoms with van der Waals surface area (Å²) in [5.74, 6) is -0.132. The van der Waals surface area contributed by atoms with Crippen LogP contribution in [0.1, 0.15) is 37.3 Å². The van der Waals surface area contributed by atoms with Gasteiger partial charge in [-0.2, -0.15) is 0 Å². The Morgan fingerprint density at radius 3 is 2.69 bits per heavy atom. The lowest BCUT2D eigenvalue weighted by molar-refractivity contribution is 0.476.